The molecule has 0 radical (unpaired) electrons. The fourth-order valence-electron chi connectivity index (χ4n) is 2.11. The van der Waals surface area contributed by atoms with E-state index in [0.29, 0.717) is 11.1 Å². The number of halogens is 3. The van der Waals surface area contributed by atoms with Crippen LogP contribution in [0, 0.1) is 5.82 Å². The molecule has 4 nitrogen and oxygen atoms in total. The molecule has 0 saturated carbocycles. The monoisotopic (exact) mass is 351 g/mol. The highest BCUT2D eigenvalue weighted by Gasteiger charge is 2.12. The molecule has 7 heteroatoms. The third-order valence-corrected chi connectivity index (χ3v) is 3.29. The molecule has 25 heavy (non-hydrogen) atoms. The van der Waals surface area contributed by atoms with E-state index in [1.54, 1.807) is 19.1 Å². The summed E-state index contributed by atoms with van der Waals surface area (Å²) in [4.78, 5) is 12.1. The quantitative estimate of drug-likeness (QED) is 0.781. The van der Waals surface area contributed by atoms with Crippen LogP contribution in [0.5, 0.6) is 11.5 Å². The summed E-state index contributed by atoms with van der Waals surface area (Å²) in [5.74, 6) is -0.897. The fourth-order valence-corrected chi connectivity index (χ4v) is 2.11. The number of hydrogen-bond donors (Lipinski definition) is 1. The van der Waals surface area contributed by atoms with E-state index in [1.807, 2.05) is 0 Å². The summed E-state index contributed by atoms with van der Waals surface area (Å²) in [5.41, 5.74) is 1.58. The minimum Gasteiger partial charge on any atom is -0.493 e. The molecule has 0 aliphatic heterocycles. The van der Waals surface area contributed by atoms with Crippen LogP contribution in [-0.2, 0) is 4.79 Å². The highest BCUT2D eigenvalue weighted by atomic mass is 19.3. The lowest BCUT2D eigenvalue weighted by Gasteiger charge is -2.12. The van der Waals surface area contributed by atoms with E-state index in [4.69, 9.17) is 4.74 Å². The number of alkyl halides is 2. The number of amides is 1. The summed E-state index contributed by atoms with van der Waals surface area (Å²) in [6, 6.07) is 9.83. The molecule has 132 valence electrons. The van der Waals surface area contributed by atoms with Gasteiger partial charge in [0, 0.05) is 17.8 Å². The van der Waals surface area contributed by atoms with Gasteiger partial charge in [0.1, 0.15) is 5.82 Å². The van der Waals surface area contributed by atoms with Crippen molar-refractivity contribution in [3.05, 3.63) is 59.9 Å². The first kappa shape index (κ1) is 18.4. The van der Waals surface area contributed by atoms with Gasteiger partial charge in [-0.05, 0) is 42.3 Å². The summed E-state index contributed by atoms with van der Waals surface area (Å²) in [7, 11) is 1.32. The number of carbonyl (C=O) groups is 1. The number of allylic oxidation sites excluding steroid dienone is 1. The summed E-state index contributed by atoms with van der Waals surface area (Å²) in [6.07, 6.45) is 1.32. The van der Waals surface area contributed by atoms with Gasteiger partial charge in [0.05, 0.1) is 7.11 Å². The van der Waals surface area contributed by atoms with Crippen molar-refractivity contribution in [2.75, 3.05) is 12.4 Å². The van der Waals surface area contributed by atoms with E-state index in [2.05, 4.69) is 10.1 Å². The number of ether oxygens (including phenoxy) is 2. The van der Waals surface area contributed by atoms with Crippen molar-refractivity contribution in [2.45, 2.75) is 13.5 Å². The van der Waals surface area contributed by atoms with Crippen molar-refractivity contribution in [2.24, 2.45) is 0 Å². The molecular formula is C18H16F3NO3. The van der Waals surface area contributed by atoms with Gasteiger partial charge in [-0.2, -0.15) is 8.78 Å². The summed E-state index contributed by atoms with van der Waals surface area (Å²) in [5, 5.41) is 2.55. The van der Waals surface area contributed by atoms with Gasteiger partial charge in [-0.1, -0.05) is 12.1 Å². The van der Waals surface area contributed by atoms with E-state index < -0.39 is 12.5 Å². The standard InChI is InChI=1S/C18H16F3NO3/c1-11(12-3-5-13(19)6-4-12)9-17(23)22-14-7-8-15(24-2)16(10-14)25-18(20)21/h3-10,18H,1-2H3,(H,22,23)/b11-9-. The maximum absolute atomic E-state index is 12.9. The Hall–Kier alpha value is -2.96. The predicted molar refractivity (Wildman–Crippen MR) is 88.3 cm³/mol. The van der Waals surface area contributed by atoms with Gasteiger partial charge < -0.3 is 14.8 Å². The number of benzene rings is 2. The fraction of sp³-hybridized carbons (Fsp3) is 0.167. The smallest absolute Gasteiger partial charge is 0.387 e. The minimum atomic E-state index is -3.01. The van der Waals surface area contributed by atoms with E-state index in [0.717, 1.165) is 0 Å². The third-order valence-electron chi connectivity index (χ3n) is 3.29. The van der Waals surface area contributed by atoms with Crippen LogP contribution in [0.3, 0.4) is 0 Å². The molecular weight excluding hydrogens is 335 g/mol. The summed E-state index contributed by atoms with van der Waals surface area (Å²) >= 11 is 0. The molecule has 0 saturated heterocycles. The lowest BCUT2D eigenvalue weighted by molar-refractivity contribution is -0.111. The summed E-state index contributed by atoms with van der Waals surface area (Å²) < 4.78 is 47.0. The van der Waals surface area contributed by atoms with Crippen LogP contribution in [0.2, 0.25) is 0 Å². The second kappa shape index (κ2) is 8.23. The Morgan fingerprint density at radius 3 is 2.40 bits per heavy atom. The van der Waals surface area contributed by atoms with Crippen LogP contribution in [0.15, 0.2) is 48.5 Å². The van der Waals surface area contributed by atoms with Crippen molar-refractivity contribution < 1.29 is 27.4 Å². The van der Waals surface area contributed by atoms with Gasteiger partial charge in [-0.25, -0.2) is 4.39 Å². The first-order chi connectivity index (χ1) is 11.9. The molecule has 0 spiro atoms. The van der Waals surface area contributed by atoms with Crippen molar-refractivity contribution in [1.82, 2.24) is 0 Å². The van der Waals surface area contributed by atoms with Crippen LogP contribution in [0.1, 0.15) is 12.5 Å². The zero-order valence-corrected chi connectivity index (χ0v) is 13.6. The van der Waals surface area contributed by atoms with Crippen molar-refractivity contribution in [1.29, 1.82) is 0 Å². The van der Waals surface area contributed by atoms with Gasteiger partial charge >= 0.3 is 6.61 Å². The van der Waals surface area contributed by atoms with Gasteiger partial charge in [0.15, 0.2) is 11.5 Å². The highest BCUT2D eigenvalue weighted by Crippen LogP contribution is 2.31. The Morgan fingerprint density at radius 1 is 1.12 bits per heavy atom. The maximum atomic E-state index is 12.9. The number of carbonyl (C=O) groups excluding carboxylic acids is 1. The molecule has 2 rings (SSSR count). The SMILES string of the molecule is COc1ccc(NC(=O)/C=C(/C)c2ccc(F)cc2)cc1OC(F)F. The van der Waals surface area contributed by atoms with Crippen LogP contribution in [0.4, 0.5) is 18.9 Å². The first-order valence-electron chi connectivity index (χ1n) is 7.27. The Kier molecular flexibility index (Phi) is 6.05. The van der Waals surface area contributed by atoms with Gasteiger partial charge in [-0.3, -0.25) is 4.79 Å². The lowest BCUT2D eigenvalue weighted by atomic mass is 10.1. The Bertz CT molecular complexity index is 774. The Morgan fingerprint density at radius 2 is 1.80 bits per heavy atom. The molecule has 0 aliphatic rings. The molecule has 0 aromatic heterocycles. The van der Waals surface area contributed by atoms with Gasteiger partial charge in [-0.15, -0.1) is 0 Å². The molecule has 2 aromatic carbocycles. The van der Waals surface area contributed by atoms with Crippen LogP contribution >= 0.6 is 0 Å². The molecule has 1 N–H and O–H groups in total. The number of hydrogen-bond acceptors (Lipinski definition) is 3. The number of anilines is 1. The maximum Gasteiger partial charge on any atom is 0.387 e. The molecule has 0 atom stereocenters. The second-order valence-electron chi connectivity index (χ2n) is 5.07. The summed E-state index contributed by atoms with van der Waals surface area (Å²) in [6.45, 7) is -1.31. The second-order valence-corrected chi connectivity index (χ2v) is 5.07. The first-order valence-corrected chi connectivity index (χ1v) is 7.27. The average Bonchev–Trinajstić information content (AvgIpc) is 2.55. The molecule has 0 aliphatic carbocycles. The molecule has 1 amide bonds. The minimum absolute atomic E-state index is 0.122. The Balaban J connectivity index is 2.14. The predicted octanol–water partition coefficient (Wildman–Crippen LogP) is 4.48. The molecule has 0 bridgehead atoms. The highest BCUT2D eigenvalue weighted by molar-refractivity contribution is 6.03. The molecule has 2 aromatic rings. The third kappa shape index (κ3) is 5.27. The van der Waals surface area contributed by atoms with Crippen molar-refractivity contribution >= 4 is 17.2 Å². The largest absolute Gasteiger partial charge is 0.493 e. The number of rotatable bonds is 6. The van der Waals surface area contributed by atoms with Crippen LogP contribution in [-0.4, -0.2) is 19.6 Å². The average molecular weight is 351 g/mol. The Labute approximate surface area is 142 Å². The normalized spacial score (nSPS) is 11.4. The van der Waals surface area contributed by atoms with Gasteiger partial charge in [0.25, 0.3) is 0 Å². The lowest BCUT2D eigenvalue weighted by Crippen LogP contribution is -2.09. The zero-order chi connectivity index (χ0) is 18.4. The molecule has 0 heterocycles. The van der Waals surface area contributed by atoms with E-state index in [9.17, 15) is 18.0 Å². The number of nitrogens with one attached hydrogen (secondary N) is 1. The van der Waals surface area contributed by atoms with Crippen molar-refractivity contribution in [3.63, 3.8) is 0 Å². The zero-order valence-electron chi connectivity index (χ0n) is 13.6. The molecule has 0 fully saturated rings. The topological polar surface area (TPSA) is 47.6 Å². The van der Waals surface area contributed by atoms with Crippen LogP contribution in [0.25, 0.3) is 5.57 Å². The van der Waals surface area contributed by atoms with Crippen LogP contribution < -0.4 is 14.8 Å². The van der Waals surface area contributed by atoms with E-state index in [-0.39, 0.29) is 23.0 Å². The van der Waals surface area contributed by atoms with Crippen molar-refractivity contribution in [3.8, 4) is 11.5 Å². The van der Waals surface area contributed by atoms with Gasteiger partial charge in [0.2, 0.25) is 5.91 Å². The number of methoxy groups -OCH3 is 1. The van der Waals surface area contributed by atoms with E-state index in [1.165, 1.54) is 43.5 Å². The molecule has 0 unspecified atom stereocenters. The van der Waals surface area contributed by atoms with E-state index >= 15 is 0 Å².